The zero-order valence-corrected chi connectivity index (χ0v) is 18.8. The Bertz CT molecular complexity index is 661. The number of carbonyl (C=O) groups is 1. The summed E-state index contributed by atoms with van der Waals surface area (Å²) in [5.41, 5.74) is 1.11. The van der Waals surface area contributed by atoms with Crippen LogP contribution in [0.3, 0.4) is 0 Å². The summed E-state index contributed by atoms with van der Waals surface area (Å²) >= 11 is 6.45. The average molecular weight is 410 g/mol. The highest BCUT2D eigenvalue weighted by molar-refractivity contribution is 6.74. The zero-order chi connectivity index (χ0) is 19.8. The Balaban J connectivity index is 1.81. The van der Waals surface area contributed by atoms with Crippen LogP contribution in [0.5, 0.6) is 0 Å². The first kappa shape index (κ1) is 20.8. The van der Waals surface area contributed by atoms with Crippen LogP contribution in [-0.4, -0.2) is 49.4 Å². The quantitative estimate of drug-likeness (QED) is 0.415. The van der Waals surface area contributed by atoms with Gasteiger partial charge in [0.25, 0.3) is 0 Å². The molecule has 1 aromatic rings. The van der Waals surface area contributed by atoms with Gasteiger partial charge >= 0.3 is 0 Å². The maximum Gasteiger partial charge on any atom is 0.241 e. The smallest absolute Gasteiger partial charge is 0.241 e. The molecule has 2 heterocycles. The van der Waals surface area contributed by atoms with Gasteiger partial charge in [0.15, 0.2) is 8.32 Å². The first-order valence-electron chi connectivity index (χ1n) is 9.87. The summed E-state index contributed by atoms with van der Waals surface area (Å²) in [5.74, 6) is -0.0134. The monoisotopic (exact) mass is 409 g/mol. The van der Waals surface area contributed by atoms with E-state index in [-0.39, 0.29) is 29.3 Å². The lowest BCUT2D eigenvalue weighted by molar-refractivity contribution is -0.133. The summed E-state index contributed by atoms with van der Waals surface area (Å²) in [6, 6.07) is 10.1. The number of nitrogens with zero attached hydrogens (tertiary/aromatic N) is 1. The number of amides is 1. The van der Waals surface area contributed by atoms with Crippen molar-refractivity contribution in [3.8, 4) is 0 Å². The molecule has 1 aromatic carbocycles. The number of alkyl halides is 1. The van der Waals surface area contributed by atoms with Crippen molar-refractivity contribution in [1.29, 1.82) is 0 Å². The highest BCUT2D eigenvalue weighted by Crippen LogP contribution is 2.40. The van der Waals surface area contributed by atoms with E-state index in [0.717, 1.165) is 12.0 Å². The Hall–Kier alpha value is -0.883. The molecule has 150 valence electrons. The number of hydrogen-bond donors (Lipinski definition) is 0. The lowest BCUT2D eigenvalue weighted by Gasteiger charge is -2.40. The van der Waals surface area contributed by atoms with Crippen LogP contribution in [0.25, 0.3) is 0 Å². The number of ether oxygens (including phenoxy) is 1. The Morgan fingerprint density at radius 1 is 1.19 bits per heavy atom. The van der Waals surface area contributed by atoms with Crippen LogP contribution < -0.4 is 0 Å². The Morgan fingerprint density at radius 2 is 1.81 bits per heavy atom. The fourth-order valence-corrected chi connectivity index (χ4v) is 5.06. The van der Waals surface area contributed by atoms with E-state index in [4.69, 9.17) is 20.8 Å². The van der Waals surface area contributed by atoms with E-state index >= 15 is 0 Å². The number of benzene rings is 1. The summed E-state index contributed by atoms with van der Waals surface area (Å²) < 4.78 is 12.5. The number of rotatable bonds is 4. The zero-order valence-electron chi connectivity index (χ0n) is 17.1. The third-order valence-corrected chi connectivity index (χ3v) is 11.0. The van der Waals surface area contributed by atoms with Gasteiger partial charge in [0.05, 0.1) is 18.3 Å². The van der Waals surface area contributed by atoms with Crippen LogP contribution >= 0.6 is 11.6 Å². The first-order chi connectivity index (χ1) is 12.6. The van der Waals surface area contributed by atoms with Crippen molar-refractivity contribution >= 4 is 25.8 Å². The average Bonchev–Trinajstić information content (AvgIpc) is 3.29. The van der Waals surface area contributed by atoms with Gasteiger partial charge < -0.3 is 14.1 Å². The minimum Gasteiger partial charge on any atom is -0.412 e. The topological polar surface area (TPSA) is 42.1 Å². The van der Waals surface area contributed by atoms with Crippen molar-refractivity contribution in [2.75, 3.05) is 6.54 Å². The summed E-state index contributed by atoms with van der Waals surface area (Å²) in [6.07, 6.45) is 1.67. The van der Waals surface area contributed by atoms with E-state index in [9.17, 15) is 4.79 Å². The number of halogens is 1. The summed E-state index contributed by atoms with van der Waals surface area (Å²) in [7, 11) is -1.95. The molecule has 27 heavy (non-hydrogen) atoms. The predicted molar refractivity (Wildman–Crippen MR) is 111 cm³/mol. The van der Waals surface area contributed by atoms with Gasteiger partial charge in [-0.15, -0.1) is 11.6 Å². The van der Waals surface area contributed by atoms with Crippen LogP contribution in [0, 0.1) is 0 Å². The molecule has 0 radical (unpaired) electrons. The van der Waals surface area contributed by atoms with Gasteiger partial charge in [-0.25, -0.2) is 0 Å². The molecule has 6 heteroatoms. The first-order valence-corrected chi connectivity index (χ1v) is 13.2. The highest BCUT2D eigenvalue weighted by Gasteiger charge is 2.47. The molecule has 2 fully saturated rings. The minimum atomic E-state index is -1.95. The third-order valence-electron chi connectivity index (χ3n) is 6.11. The van der Waals surface area contributed by atoms with Crippen molar-refractivity contribution in [1.82, 2.24) is 4.90 Å². The van der Waals surface area contributed by atoms with Crippen molar-refractivity contribution in [3.05, 3.63) is 35.9 Å². The molecule has 0 aliphatic carbocycles. The van der Waals surface area contributed by atoms with Crippen LogP contribution in [-0.2, 0) is 20.5 Å². The van der Waals surface area contributed by atoms with E-state index < -0.39 is 13.7 Å². The molecular weight excluding hydrogens is 378 g/mol. The molecule has 0 bridgehead atoms. The van der Waals surface area contributed by atoms with Crippen LogP contribution in [0.1, 0.15) is 39.2 Å². The van der Waals surface area contributed by atoms with Crippen molar-refractivity contribution < 1.29 is 14.0 Å². The van der Waals surface area contributed by atoms with E-state index in [1.807, 2.05) is 35.2 Å². The molecule has 2 saturated heterocycles. The summed E-state index contributed by atoms with van der Waals surface area (Å²) in [6.45, 7) is 12.4. The number of carbonyl (C=O) groups excluding carboxylic acids is 1. The molecule has 4 nitrogen and oxygen atoms in total. The number of hydrogen-bond acceptors (Lipinski definition) is 3. The van der Waals surface area contributed by atoms with Crippen LogP contribution in [0.4, 0.5) is 0 Å². The van der Waals surface area contributed by atoms with E-state index in [0.29, 0.717) is 19.5 Å². The Labute approximate surface area is 169 Å². The second-order valence-electron chi connectivity index (χ2n) is 9.36. The molecule has 0 spiro atoms. The third kappa shape index (κ3) is 5.14. The van der Waals surface area contributed by atoms with Gasteiger partial charge in [0, 0.05) is 25.9 Å². The maximum absolute atomic E-state index is 13.0. The second-order valence-corrected chi connectivity index (χ2v) is 14.6. The van der Waals surface area contributed by atoms with Gasteiger partial charge in [-0.3, -0.25) is 4.79 Å². The molecule has 4 atom stereocenters. The van der Waals surface area contributed by atoms with Crippen LogP contribution in [0.2, 0.25) is 18.1 Å². The van der Waals surface area contributed by atoms with Gasteiger partial charge in [-0.1, -0.05) is 51.1 Å². The molecule has 1 amide bonds. The summed E-state index contributed by atoms with van der Waals surface area (Å²) in [4.78, 5) is 14.9. The molecule has 0 aromatic heterocycles. The molecule has 0 N–H and O–H groups in total. The van der Waals surface area contributed by atoms with Crippen molar-refractivity contribution in [2.45, 2.75) is 82.0 Å². The second kappa shape index (κ2) is 7.86. The van der Waals surface area contributed by atoms with Gasteiger partial charge in [0.1, 0.15) is 5.38 Å². The normalized spacial score (nSPS) is 29.6. The van der Waals surface area contributed by atoms with E-state index in [1.54, 1.807) is 0 Å². The van der Waals surface area contributed by atoms with E-state index in [2.05, 4.69) is 33.9 Å². The van der Waals surface area contributed by atoms with Crippen molar-refractivity contribution in [2.24, 2.45) is 0 Å². The molecule has 3 rings (SSSR count). The summed E-state index contributed by atoms with van der Waals surface area (Å²) in [5, 5.41) is -0.409. The van der Waals surface area contributed by atoms with Crippen LogP contribution in [0.15, 0.2) is 30.3 Å². The maximum atomic E-state index is 13.0. The predicted octanol–water partition coefficient (Wildman–Crippen LogP) is 4.57. The molecule has 0 saturated carbocycles. The molecular formula is C21H32ClNO3Si. The fraction of sp³-hybridized carbons (Fsp3) is 0.667. The minimum absolute atomic E-state index is 0.0134. The SMILES string of the molecule is CC(C)(C)[Si](C)(C)O[C@@H]1C[C@H]2O[C@@H]2C[C@@H](Cl)C(=O)N(Cc2ccccc2)C1. The Kier molecular flexibility index (Phi) is 6.07. The molecule has 0 unspecified atom stereocenters. The van der Waals surface area contributed by atoms with E-state index in [1.165, 1.54) is 0 Å². The number of epoxide rings is 1. The largest absolute Gasteiger partial charge is 0.412 e. The van der Waals surface area contributed by atoms with Crippen molar-refractivity contribution in [3.63, 3.8) is 0 Å². The van der Waals surface area contributed by atoms with Gasteiger partial charge in [-0.2, -0.15) is 0 Å². The molecule has 2 aliphatic rings. The lowest BCUT2D eigenvalue weighted by atomic mass is 10.1. The Morgan fingerprint density at radius 3 is 2.44 bits per heavy atom. The highest BCUT2D eigenvalue weighted by atomic mass is 35.5. The fourth-order valence-electron chi connectivity index (χ4n) is 3.39. The molecule has 2 aliphatic heterocycles. The lowest BCUT2D eigenvalue weighted by Crippen LogP contribution is -2.48. The standard InChI is InChI=1S/C21H32ClNO3Si/c1-21(2,3)27(4,5)26-16-11-18-19(25-18)12-17(22)20(24)23(14-16)13-15-9-7-6-8-10-15/h6-10,16-19H,11-14H2,1-5H3/t16-,17-,18-,19-/m1/s1. The number of fused-ring (bicyclic) bond motifs is 1. The van der Waals surface area contributed by atoms with Gasteiger partial charge in [0.2, 0.25) is 5.91 Å². The van der Waals surface area contributed by atoms with Gasteiger partial charge in [-0.05, 0) is 23.7 Å².